The molecular weight excluding hydrogens is 382 g/mol. The molecule has 2 unspecified atom stereocenters. The Labute approximate surface area is 175 Å². The molecule has 0 saturated heterocycles. The molecule has 29 heavy (non-hydrogen) atoms. The summed E-state index contributed by atoms with van der Waals surface area (Å²) in [7, 11) is 0. The first kappa shape index (κ1) is 19.7. The van der Waals surface area contributed by atoms with E-state index in [2.05, 4.69) is 67.6 Å². The summed E-state index contributed by atoms with van der Waals surface area (Å²) in [6.45, 7) is 2.09. The summed E-state index contributed by atoms with van der Waals surface area (Å²) in [6, 6.07) is 27.9. The zero-order valence-corrected chi connectivity index (χ0v) is 17.0. The molecule has 148 valence electrons. The standard InChI is InChI=1S/C24H23NO3S/c1-18(28-29-23-14-12-22(13-15-23)25(26)27)16-21-17-24(21,19-8-4-2-5-9-19)20-10-6-3-7-11-20/h2-15,18,21H,16-17H2,1H3. The predicted octanol–water partition coefficient (Wildman–Crippen LogP) is 6.40. The average molecular weight is 406 g/mol. The normalized spacial score (nSPS) is 18.2. The van der Waals surface area contributed by atoms with E-state index in [1.807, 2.05) is 0 Å². The lowest BCUT2D eigenvalue weighted by atomic mass is 9.85. The number of nitro benzene ring substituents is 1. The van der Waals surface area contributed by atoms with Gasteiger partial charge in [0, 0.05) is 34.5 Å². The topological polar surface area (TPSA) is 52.4 Å². The molecule has 0 radical (unpaired) electrons. The van der Waals surface area contributed by atoms with E-state index in [1.165, 1.54) is 35.3 Å². The third kappa shape index (κ3) is 4.21. The largest absolute Gasteiger partial charge is 0.307 e. The minimum atomic E-state index is -0.391. The number of rotatable bonds is 8. The first-order valence-electron chi connectivity index (χ1n) is 9.78. The van der Waals surface area contributed by atoms with Crippen LogP contribution in [0.2, 0.25) is 0 Å². The highest BCUT2D eigenvalue weighted by Crippen LogP contribution is 2.60. The minimum absolute atomic E-state index is 0.0676. The van der Waals surface area contributed by atoms with Crippen molar-refractivity contribution in [1.82, 2.24) is 0 Å². The Bertz CT molecular complexity index is 921. The van der Waals surface area contributed by atoms with Gasteiger partial charge in [-0.1, -0.05) is 60.7 Å². The van der Waals surface area contributed by atoms with Gasteiger partial charge in [-0.15, -0.1) is 0 Å². The van der Waals surface area contributed by atoms with E-state index in [9.17, 15) is 10.1 Å². The van der Waals surface area contributed by atoms with Gasteiger partial charge in [0.15, 0.2) is 0 Å². The molecule has 1 fully saturated rings. The summed E-state index contributed by atoms with van der Waals surface area (Å²) in [5, 5.41) is 10.8. The smallest absolute Gasteiger partial charge is 0.269 e. The third-order valence-electron chi connectivity index (χ3n) is 5.66. The molecule has 4 rings (SSSR count). The van der Waals surface area contributed by atoms with E-state index in [-0.39, 0.29) is 17.2 Å². The maximum atomic E-state index is 10.8. The molecule has 2 atom stereocenters. The molecule has 4 nitrogen and oxygen atoms in total. The van der Waals surface area contributed by atoms with Gasteiger partial charge in [0.25, 0.3) is 5.69 Å². The fourth-order valence-electron chi connectivity index (χ4n) is 4.16. The molecule has 1 aliphatic carbocycles. The second-order valence-corrected chi connectivity index (χ2v) is 8.41. The van der Waals surface area contributed by atoms with E-state index in [0.29, 0.717) is 5.92 Å². The maximum Gasteiger partial charge on any atom is 0.269 e. The Morgan fingerprint density at radius 1 is 1.00 bits per heavy atom. The summed E-state index contributed by atoms with van der Waals surface area (Å²) < 4.78 is 5.99. The second-order valence-electron chi connectivity index (χ2n) is 7.58. The van der Waals surface area contributed by atoms with Crippen LogP contribution in [0.4, 0.5) is 5.69 Å². The Morgan fingerprint density at radius 3 is 2.07 bits per heavy atom. The van der Waals surface area contributed by atoms with Gasteiger partial charge >= 0.3 is 0 Å². The molecule has 0 amide bonds. The van der Waals surface area contributed by atoms with Gasteiger partial charge in [0.2, 0.25) is 0 Å². The van der Waals surface area contributed by atoms with Gasteiger partial charge in [-0.05, 0) is 48.9 Å². The van der Waals surface area contributed by atoms with Crippen LogP contribution in [-0.4, -0.2) is 11.0 Å². The van der Waals surface area contributed by atoms with Crippen molar-refractivity contribution >= 4 is 17.7 Å². The molecule has 0 aliphatic heterocycles. The number of nitro groups is 1. The molecule has 1 aliphatic rings. The lowest BCUT2D eigenvalue weighted by molar-refractivity contribution is -0.384. The minimum Gasteiger partial charge on any atom is -0.307 e. The van der Waals surface area contributed by atoms with Gasteiger partial charge in [0.1, 0.15) is 0 Å². The highest BCUT2D eigenvalue weighted by atomic mass is 32.2. The summed E-state index contributed by atoms with van der Waals surface area (Å²) in [5.41, 5.74) is 2.90. The first-order valence-corrected chi connectivity index (χ1v) is 10.5. The number of hydrogen-bond acceptors (Lipinski definition) is 4. The lowest BCUT2D eigenvalue weighted by Crippen LogP contribution is -2.15. The number of benzene rings is 3. The molecule has 0 N–H and O–H groups in total. The first-order chi connectivity index (χ1) is 14.1. The Hall–Kier alpha value is -2.63. The second kappa shape index (κ2) is 8.39. The fraction of sp³-hybridized carbons (Fsp3) is 0.250. The fourth-order valence-corrected chi connectivity index (χ4v) is 4.76. The number of non-ortho nitro benzene ring substituents is 1. The van der Waals surface area contributed by atoms with Crippen LogP contribution in [0.5, 0.6) is 0 Å². The van der Waals surface area contributed by atoms with Crippen LogP contribution in [0.1, 0.15) is 30.9 Å². The Morgan fingerprint density at radius 2 is 1.55 bits per heavy atom. The van der Waals surface area contributed by atoms with Gasteiger partial charge < -0.3 is 4.18 Å². The van der Waals surface area contributed by atoms with Gasteiger partial charge in [0.05, 0.1) is 11.0 Å². The molecule has 0 aromatic heterocycles. The van der Waals surface area contributed by atoms with Crippen LogP contribution in [-0.2, 0) is 9.60 Å². The van der Waals surface area contributed by atoms with E-state index in [4.69, 9.17) is 4.18 Å². The molecule has 0 heterocycles. The van der Waals surface area contributed by atoms with Gasteiger partial charge in [-0.3, -0.25) is 10.1 Å². The zero-order chi connectivity index (χ0) is 20.3. The van der Waals surface area contributed by atoms with E-state index in [1.54, 1.807) is 12.1 Å². The van der Waals surface area contributed by atoms with E-state index >= 15 is 0 Å². The SMILES string of the molecule is CC(CC1CC1(c1ccccc1)c1ccccc1)OSc1ccc([N+](=O)[O-])cc1. The Balaban J connectivity index is 1.42. The third-order valence-corrected chi connectivity index (χ3v) is 6.54. The quantitative estimate of drug-likeness (QED) is 0.247. The van der Waals surface area contributed by atoms with Crippen molar-refractivity contribution < 1.29 is 9.11 Å². The molecule has 3 aromatic carbocycles. The van der Waals surface area contributed by atoms with Crippen molar-refractivity contribution in [2.75, 3.05) is 0 Å². The summed E-state index contributed by atoms with van der Waals surface area (Å²) in [5.74, 6) is 0.528. The Kier molecular flexibility index (Phi) is 5.69. The molecule has 5 heteroatoms. The highest BCUT2D eigenvalue weighted by molar-refractivity contribution is 7.94. The highest BCUT2D eigenvalue weighted by Gasteiger charge is 2.56. The summed E-state index contributed by atoms with van der Waals surface area (Å²) in [4.78, 5) is 11.2. The number of hydrogen-bond donors (Lipinski definition) is 0. The lowest BCUT2D eigenvalue weighted by Gasteiger charge is -2.20. The molecule has 0 bridgehead atoms. The summed E-state index contributed by atoms with van der Waals surface area (Å²) >= 11 is 1.29. The maximum absolute atomic E-state index is 10.8. The zero-order valence-electron chi connectivity index (χ0n) is 16.2. The van der Waals surface area contributed by atoms with Crippen LogP contribution >= 0.6 is 12.0 Å². The number of nitrogens with zero attached hydrogens (tertiary/aromatic N) is 1. The van der Waals surface area contributed by atoms with Crippen LogP contribution in [0.3, 0.4) is 0 Å². The van der Waals surface area contributed by atoms with Gasteiger partial charge in [-0.2, -0.15) is 0 Å². The van der Waals surface area contributed by atoms with Crippen LogP contribution in [0.15, 0.2) is 89.8 Å². The molecule has 1 saturated carbocycles. The van der Waals surface area contributed by atoms with Crippen molar-refractivity contribution in [3.8, 4) is 0 Å². The van der Waals surface area contributed by atoms with Crippen molar-refractivity contribution in [1.29, 1.82) is 0 Å². The predicted molar refractivity (Wildman–Crippen MR) is 116 cm³/mol. The van der Waals surface area contributed by atoms with Crippen LogP contribution in [0, 0.1) is 16.0 Å². The van der Waals surface area contributed by atoms with E-state index < -0.39 is 4.92 Å². The molecular formula is C24H23NO3S. The monoisotopic (exact) mass is 405 g/mol. The average Bonchev–Trinajstić information content (AvgIpc) is 3.48. The molecule has 3 aromatic rings. The van der Waals surface area contributed by atoms with Crippen molar-refractivity contribution in [2.24, 2.45) is 5.92 Å². The van der Waals surface area contributed by atoms with Gasteiger partial charge in [-0.25, -0.2) is 0 Å². The van der Waals surface area contributed by atoms with Crippen LogP contribution in [0.25, 0.3) is 0 Å². The van der Waals surface area contributed by atoms with Crippen molar-refractivity contribution in [3.05, 3.63) is 106 Å². The summed E-state index contributed by atoms with van der Waals surface area (Å²) in [6.07, 6.45) is 2.16. The van der Waals surface area contributed by atoms with Crippen molar-refractivity contribution in [2.45, 2.75) is 36.2 Å². The van der Waals surface area contributed by atoms with Crippen molar-refractivity contribution in [3.63, 3.8) is 0 Å². The molecule has 0 spiro atoms. The van der Waals surface area contributed by atoms with E-state index in [0.717, 1.165) is 17.7 Å². The van der Waals surface area contributed by atoms with Crippen LogP contribution < -0.4 is 0 Å².